The monoisotopic (exact) mass is 645 g/mol. The third-order valence-corrected chi connectivity index (χ3v) is 9.68. The first-order valence-electron chi connectivity index (χ1n) is 16.1. The standard InChI is InChI=1S/C43H27N5S/c1-4-13-28(14-5-1)36-27-37(29-15-6-2-7-16-29)45-41(44-36)31-19-12-20-32(25-31)42-46-40(30-17-8-3-9-18-30)47-43(48-42)33-23-24-35-34-21-10-11-22-38(34)49-39(35)26-33/h1-27H. The zero-order valence-electron chi connectivity index (χ0n) is 26.2. The molecule has 230 valence electrons. The summed E-state index contributed by atoms with van der Waals surface area (Å²) in [6.07, 6.45) is 0. The molecule has 3 heterocycles. The molecular formula is C43H27N5S. The number of benzene rings is 6. The van der Waals surface area contributed by atoms with Gasteiger partial charge in [-0.05, 0) is 24.3 Å². The van der Waals surface area contributed by atoms with Gasteiger partial charge in [-0.1, -0.05) is 140 Å². The van der Waals surface area contributed by atoms with Crippen LogP contribution in [0, 0.1) is 0 Å². The molecule has 9 rings (SSSR count). The smallest absolute Gasteiger partial charge is 0.164 e. The summed E-state index contributed by atoms with van der Waals surface area (Å²) in [5.41, 5.74) is 7.40. The molecule has 0 spiro atoms. The van der Waals surface area contributed by atoms with E-state index in [1.165, 1.54) is 20.2 Å². The van der Waals surface area contributed by atoms with Gasteiger partial charge in [0, 0.05) is 53.6 Å². The fourth-order valence-corrected chi connectivity index (χ4v) is 7.25. The van der Waals surface area contributed by atoms with Crippen molar-refractivity contribution in [3.8, 4) is 68.1 Å². The second-order valence-electron chi connectivity index (χ2n) is 11.8. The van der Waals surface area contributed by atoms with Crippen LogP contribution < -0.4 is 0 Å². The molecule has 5 nitrogen and oxygen atoms in total. The number of nitrogens with zero attached hydrogens (tertiary/aromatic N) is 5. The molecule has 0 fully saturated rings. The van der Waals surface area contributed by atoms with E-state index in [4.69, 9.17) is 24.9 Å². The van der Waals surface area contributed by atoms with Gasteiger partial charge >= 0.3 is 0 Å². The highest BCUT2D eigenvalue weighted by atomic mass is 32.1. The molecule has 0 aliphatic heterocycles. The van der Waals surface area contributed by atoms with Crippen molar-refractivity contribution in [2.75, 3.05) is 0 Å². The summed E-state index contributed by atoms with van der Waals surface area (Å²) in [4.78, 5) is 25.2. The molecule has 0 N–H and O–H groups in total. The van der Waals surface area contributed by atoms with Crippen LogP contribution in [0.25, 0.3) is 88.2 Å². The van der Waals surface area contributed by atoms with Crippen LogP contribution in [0.2, 0.25) is 0 Å². The molecule has 9 aromatic rings. The molecule has 6 aromatic carbocycles. The topological polar surface area (TPSA) is 64.5 Å². The predicted molar refractivity (Wildman–Crippen MR) is 201 cm³/mol. The Morgan fingerprint density at radius 1 is 0.286 bits per heavy atom. The van der Waals surface area contributed by atoms with Crippen molar-refractivity contribution >= 4 is 31.5 Å². The highest BCUT2D eigenvalue weighted by Crippen LogP contribution is 2.36. The lowest BCUT2D eigenvalue weighted by Crippen LogP contribution is -2.00. The largest absolute Gasteiger partial charge is 0.228 e. The molecule has 0 aliphatic carbocycles. The van der Waals surface area contributed by atoms with Crippen LogP contribution in [0.4, 0.5) is 0 Å². The Morgan fingerprint density at radius 2 is 0.735 bits per heavy atom. The van der Waals surface area contributed by atoms with Gasteiger partial charge < -0.3 is 0 Å². The van der Waals surface area contributed by atoms with E-state index in [0.717, 1.165) is 44.8 Å². The van der Waals surface area contributed by atoms with Crippen LogP contribution in [-0.4, -0.2) is 24.9 Å². The van der Waals surface area contributed by atoms with E-state index in [9.17, 15) is 0 Å². The second-order valence-corrected chi connectivity index (χ2v) is 12.8. The van der Waals surface area contributed by atoms with Crippen LogP contribution in [-0.2, 0) is 0 Å². The Morgan fingerprint density at radius 3 is 1.35 bits per heavy atom. The molecule has 0 radical (unpaired) electrons. The summed E-state index contributed by atoms with van der Waals surface area (Å²) in [6, 6.07) is 55.7. The number of hydrogen-bond donors (Lipinski definition) is 0. The van der Waals surface area contributed by atoms with Gasteiger partial charge in [0.1, 0.15) is 0 Å². The summed E-state index contributed by atoms with van der Waals surface area (Å²) in [6.45, 7) is 0. The predicted octanol–water partition coefficient (Wildman–Crippen LogP) is 11.0. The van der Waals surface area contributed by atoms with Crippen molar-refractivity contribution in [3.05, 3.63) is 164 Å². The number of fused-ring (bicyclic) bond motifs is 3. The maximum absolute atomic E-state index is 5.07. The van der Waals surface area contributed by atoms with E-state index in [1.54, 1.807) is 11.3 Å². The zero-order valence-corrected chi connectivity index (χ0v) is 27.0. The normalized spacial score (nSPS) is 11.3. The average Bonchev–Trinajstić information content (AvgIpc) is 3.57. The highest BCUT2D eigenvalue weighted by Gasteiger charge is 2.16. The summed E-state index contributed by atoms with van der Waals surface area (Å²) in [7, 11) is 0. The van der Waals surface area contributed by atoms with Crippen LogP contribution in [0.5, 0.6) is 0 Å². The first-order chi connectivity index (χ1) is 24.2. The van der Waals surface area contributed by atoms with Crippen LogP contribution >= 0.6 is 11.3 Å². The molecule has 3 aromatic heterocycles. The molecule has 49 heavy (non-hydrogen) atoms. The fraction of sp³-hybridized carbons (Fsp3) is 0. The summed E-state index contributed by atoms with van der Waals surface area (Å²) in [5, 5.41) is 2.50. The average molecular weight is 646 g/mol. The van der Waals surface area contributed by atoms with Crippen molar-refractivity contribution < 1.29 is 0 Å². The molecule has 0 saturated carbocycles. The SMILES string of the molecule is c1ccc(-c2cc(-c3ccccc3)nc(-c3cccc(-c4nc(-c5ccccc5)nc(-c5ccc6c(c5)sc5ccccc56)n4)c3)n2)cc1. The van der Waals surface area contributed by atoms with Gasteiger partial charge in [-0.15, -0.1) is 11.3 Å². The number of aromatic nitrogens is 5. The van der Waals surface area contributed by atoms with Gasteiger partial charge in [-0.3, -0.25) is 0 Å². The van der Waals surface area contributed by atoms with Crippen LogP contribution in [0.3, 0.4) is 0 Å². The minimum Gasteiger partial charge on any atom is -0.228 e. The van der Waals surface area contributed by atoms with Crippen LogP contribution in [0.1, 0.15) is 0 Å². The Kier molecular flexibility index (Phi) is 7.26. The third-order valence-electron chi connectivity index (χ3n) is 8.55. The highest BCUT2D eigenvalue weighted by molar-refractivity contribution is 7.25. The molecule has 6 heteroatoms. The van der Waals surface area contributed by atoms with Crippen LogP contribution in [0.15, 0.2) is 164 Å². The van der Waals surface area contributed by atoms with Crippen molar-refractivity contribution in [3.63, 3.8) is 0 Å². The summed E-state index contributed by atoms with van der Waals surface area (Å²) in [5.74, 6) is 2.47. The number of hydrogen-bond acceptors (Lipinski definition) is 6. The first kappa shape index (κ1) is 28.8. The lowest BCUT2D eigenvalue weighted by Gasteiger charge is -2.11. The van der Waals surface area contributed by atoms with E-state index >= 15 is 0 Å². The molecule has 0 aliphatic rings. The Hall–Kier alpha value is -6.37. The van der Waals surface area contributed by atoms with E-state index in [0.29, 0.717) is 23.3 Å². The van der Waals surface area contributed by atoms with Gasteiger partial charge in [0.25, 0.3) is 0 Å². The van der Waals surface area contributed by atoms with Gasteiger partial charge in [0.05, 0.1) is 11.4 Å². The molecular weight excluding hydrogens is 619 g/mol. The number of rotatable bonds is 6. The van der Waals surface area contributed by atoms with Gasteiger partial charge in [-0.2, -0.15) is 0 Å². The van der Waals surface area contributed by atoms with E-state index in [1.807, 2.05) is 84.9 Å². The molecule has 0 bridgehead atoms. The molecule has 0 unspecified atom stereocenters. The second kappa shape index (κ2) is 12.3. The molecule has 0 amide bonds. The Balaban J connectivity index is 1.18. The van der Waals surface area contributed by atoms with Crippen molar-refractivity contribution in [1.82, 2.24) is 24.9 Å². The lowest BCUT2D eigenvalue weighted by molar-refractivity contribution is 1.07. The lowest BCUT2D eigenvalue weighted by atomic mass is 10.1. The minimum absolute atomic E-state index is 0.588. The van der Waals surface area contributed by atoms with E-state index in [2.05, 4.69) is 78.9 Å². The van der Waals surface area contributed by atoms with E-state index in [-0.39, 0.29) is 0 Å². The fourth-order valence-electron chi connectivity index (χ4n) is 6.10. The molecule has 0 saturated heterocycles. The van der Waals surface area contributed by atoms with Gasteiger partial charge in [0.2, 0.25) is 0 Å². The Labute approximate surface area is 287 Å². The van der Waals surface area contributed by atoms with Crippen molar-refractivity contribution in [2.24, 2.45) is 0 Å². The third kappa shape index (κ3) is 5.64. The Bertz CT molecular complexity index is 2540. The minimum atomic E-state index is 0.588. The first-order valence-corrected chi connectivity index (χ1v) is 16.9. The van der Waals surface area contributed by atoms with Crippen molar-refractivity contribution in [2.45, 2.75) is 0 Å². The van der Waals surface area contributed by atoms with Gasteiger partial charge in [-0.25, -0.2) is 24.9 Å². The summed E-state index contributed by atoms with van der Waals surface area (Å²) >= 11 is 1.79. The maximum atomic E-state index is 5.07. The van der Waals surface area contributed by atoms with Gasteiger partial charge in [0.15, 0.2) is 23.3 Å². The quantitative estimate of drug-likeness (QED) is 0.180. The summed E-state index contributed by atoms with van der Waals surface area (Å²) < 4.78 is 2.47. The zero-order chi connectivity index (χ0) is 32.6. The maximum Gasteiger partial charge on any atom is 0.164 e. The van der Waals surface area contributed by atoms with Crippen molar-refractivity contribution in [1.29, 1.82) is 0 Å². The molecule has 0 atom stereocenters. The van der Waals surface area contributed by atoms with E-state index < -0.39 is 0 Å². The number of thiophene rings is 1.